The zero-order chi connectivity index (χ0) is 29.9. The summed E-state index contributed by atoms with van der Waals surface area (Å²) in [4.78, 5) is 34.4. The van der Waals surface area contributed by atoms with Crippen LogP contribution in [0, 0.1) is 5.92 Å². The average molecular weight is 501 g/mol. The van der Waals surface area contributed by atoms with E-state index in [1.807, 2.05) is 0 Å². The summed E-state index contributed by atoms with van der Waals surface area (Å²) < 4.78 is 80.4. The minimum atomic E-state index is -4.75. The first-order valence-electron chi connectivity index (χ1n) is 13.6. The van der Waals surface area contributed by atoms with Crippen molar-refractivity contribution in [3.63, 3.8) is 0 Å². The molecule has 36 heavy (non-hydrogen) atoms. The topological polar surface area (TPSA) is 87.2 Å². The van der Waals surface area contributed by atoms with Crippen molar-refractivity contribution in [2.45, 2.75) is 38.8 Å². The molecule has 1 amide bonds. The number of alkyl halides is 3. The number of rotatable bonds is 6. The quantitative estimate of drug-likeness (QED) is 0.416. The van der Waals surface area contributed by atoms with Gasteiger partial charge in [-0.15, -0.1) is 0 Å². The van der Waals surface area contributed by atoms with Gasteiger partial charge in [0.2, 0.25) is 5.91 Å². The van der Waals surface area contributed by atoms with Crippen LogP contribution in [0.1, 0.15) is 54.6 Å². The number of halogens is 3. The number of Topliss-reactive ketones (excluding diaryl/α,β-unsaturated/α-hetero) is 1. The first-order chi connectivity index (χ1) is 19.1. The van der Waals surface area contributed by atoms with E-state index < -0.39 is 37.4 Å². The number of carbonyl (C=O) groups excluding carboxylic acids is 2. The van der Waals surface area contributed by atoms with E-state index >= 15 is 0 Å². The fraction of sp³-hybridized carbons (Fsp3) is 0.308. The molecule has 186 valence electrons. The molecule has 0 saturated heterocycles. The minimum absolute atomic E-state index is 0.0554. The van der Waals surface area contributed by atoms with Gasteiger partial charge in [-0.05, 0) is 30.5 Å². The number of fused-ring (bicyclic) bond motifs is 3. The van der Waals surface area contributed by atoms with E-state index in [4.69, 9.17) is 6.85 Å². The van der Waals surface area contributed by atoms with Gasteiger partial charge in [-0.1, -0.05) is 25.1 Å². The molecule has 1 aliphatic heterocycles. The third-order valence-corrected chi connectivity index (χ3v) is 5.93. The van der Waals surface area contributed by atoms with Gasteiger partial charge in [-0.25, -0.2) is 9.97 Å². The van der Waals surface area contributed by atoms with Crippen LogP contribution in [0.3, 0.4) is 0 Å². The molecule has 7 nitrogen and oxygen atoms in total. The Morgan fingerprint density at radius 3 is 2.75 bits per heavy atom. The van der Waals surface area contributed by atoms with Gasteiger partial charge in [0.25, 0.3) is 0 Å². The summed E-state index contributed by atoms with van der Waals surface area (Å²) in [6.45, 7) is -4.83. The Balaban J connectivity index is 1.62. The molecule has 0 spiro atoms. The van der Waals surface area contributed by atoms with E-state index in [1.54, 1.807) is 0 Å². The molecular weight excluding hydrogens is 471 g/mol. The first kappa shape index (κ1) is 18.3. The molecule has 0 radical (unpaired) electrons. The Morgan fingerprint density at radius 1 is 1.22 bits per heavy atom. The fourth-order valence-corrected chi connectivity index (χ4v) is 4.01. The fourth-order valence-electron chi connectivity index (χ4n) is 4.01. The van der Waals surface area contributed by atoms with Gasteiger partial charge in [0.05, 0.1) is 31.1 Å². The Labute approximate surface area is 212 Å². The molecule has 2 N–H and O–H groups in total. The Morgan fingerprint density at radius 2 is 2.03 bits per heavy atom. The predicted molar refractivity (Wildman–Crippen MR) is 130 cm³/mol. The van der Waals surface area contributed by atoms with E-state index in [2.05, 4.69) is 20.6 Å². The molecule has 0 unspecified atom stereocenters. The van der Waals surface area contributed by atoms with E-state index in [0.717, 1.165) is 31.2 Å². The largest absolute Gasteiger partial charge is 0.433 e. The van der Waals surface area contributed by atoms with Gasteiger partial charge in [0.1, 0.15) is 11.5 Å². The van der Waals surface area contributed by atoms with Crippen molar-refractivity contribution in [2.75, 3.05) is 22.6 Å². The van der Waals surface area contributed by atoms with Crippen LogP contribution in [0.4, 0.5) is 36.1 Å². The Kier molecular flexibility index (Phi) is 4.55. The predicted octanol–water partition coefficient (Wildman–Crippen LogP) is 5.80. The van der Waals surface area contributed by atoms with Crippen molar-refractivity contribution in [1.82, 2.24) is 9.97 Å². The van der Waals surface area contributed by atoms with Gasteiger partial charge < -0.3 is 15.5 Å². The van der Waals surface area contributed by atoms with Crippen molar-refractivity contribution < 1.29 is 29.6 Å². The second-order valence-electron chi connectivity index (χ2n) is 8.57. The summed E-state index contributed by atoms with van der Waals surface area (Å²) in [6, 6.07) is 7.72. The van der Waals surface area contributed by atoms with Gasteiger partial charge in [0.15, 0.2) is 5.78 Å². The van der Waals surface area contributed by atoms with Crippen LogP contribution < -0.4 is 15.5 Å². The van der Waals surface area contributed by atoms with Crippen LogP contribution in [-0.2, 0) is 17.5 Å². The van der Waals surface area contributed by atoms with E-state index in [9.17, 15) is 22.8 Å². The van der Waals surface area contributed by atoms with E-state index in [-0.39, 0.29) is 57.1 Å². The summed E-state index contributed by atoms with van der Waals surface area (Å²) in [6.07, 6.45) is -2.92. The lowest BCUT2D eigenvalue weighted by Crippen LogP contribution is -2.24. The number of carbonyl (C=O) groups is 2. The lowest BCUT2D eigenvalue weighted by Gasteiger charge is -2.31. The SMILES string of the molecule is [2H]C([2H])([2H])CC(=O)c1cnc(NC(=O)C2CC2)cc1Nc1cccc2c1N(C)C([2H])([2H])c1ccc(C(F)(F)F)nc1-2. The van der Waals surface area contributed by atoms with Crippen molar-refractivity contribution in [3.8, 4) is 11.3 Å². The lowest BCUT2D eigenvalue weighted by molar-refractivity contribution is -0.141. The highest BCUT2D eigenvalue weighted by atomic mass is 19.4. The third-order valence-electron chi connectivity index (χ3n) is 5.93. The monoisotopic (exact) mass is 500 g/mol. The van der Waals surface area contributed by atoms with Crippen molar-refractivity contribution in [2.24, 2.45) is 5.92 Å². The van der Waals surface area contributed by atoms with Gasteiger partial charge >= 0.3 is 6.18 Å². The second kappa shape index (κ2) is 8.92. The lowest BCUT2D eigenvalue weighted by atomic mass is 9.96. The summed E-state index contributed by atoms with van der Waals surface area (Å²) in [5.74, 6) is -1.05. The number of amides is 1. The molecule has 1 aliphatic carbocycles. The van der Waals surface area contributed by atoms with Gasteiger partial charge in [-0.3, -0.25) is 9.59 Å². The molecule has 0 bridgehead atoms. The highest BCUT2D eigenvalue weighted by Crippen LogP contribution is 2.44. The summed E-state index contributed by atoms with van der Waals surface area (Å²) in [5.41, 5.74) is -0.872. The molecule has 1 fully saturated rings. The van der Waals surface area contributed by atoms with Crippen LogP contribution in [0.5, 0.6) is 0 Å². The molecule has 3 heterocycles. The molecule has 1 aromatic carbocycles. The van der Waals surface area contributed by atoms with Crippen LogP contribution in [0.25, 0.3) is 11.3 Å². The normalized spacial score (nSPS) is 18.4. The van der Waals surface area contributed by atoms with Crippen LogP contribution in [0.15, 0.2) is 42.6 Å². The maximum absolute atomic E-state index is 13.5. The standard InChI is InChI=1S/C26H24F3N5O2/c1-3-20(35)17-12-30-22(33-25(36)14-7-8-14)11-19(17)31-18-6-4-5-16-23-15(13-34(2)24(16)18)9-10-21(32-23)26(27,28)29/h4-6,9-12,14H,3,7-8,13H2,1-2H3,(H2,30,31,33,36)/i1D3,13D2. The number of hydrogen-bond donors (Lipinski definition) is 2. The summed E-state index contributed by atoms with van der Waals surface area (Å²) in [5, 5.41) is 5.68. The third kappa shape index (κ3) is 4.50. The number of nitrogens with one attached hydrogen (secondary N) is 2. The van der Waals surface area contributed by atoms with Crippen molar-refractivity contribution >= 4 is 34.6 Å². The maximum Gasteiger partial charge on any atom is 0.433 e. The number of para-hydroxylation sites is 1. The Bertz CT molecular complexity index is 1560. The van der Waals surface area contributed by atoms with Gasteiger partial charge in [0, 0.05) is 47.8 Å². The van der Waals surface area contributed by atoms with Crippen LogP contribution in [-0.4, -0.2) is 28.7 Å². The molecule has 10 heteroatoms. The van der Waals surface area contributed by atoms with E-state index in [0.29, 0.717) is 0 Å². The molecule has 5 rings (SSSR count). The number of ketones is 1. The zero-order valence-corrected chi connectivity index (χ0v) is 19.0. The number of hydrogen-bond acceptors (Lipinski definition) is 6. The highest BCUT2D eigenvalue weighted by Gasteiger charge is 2.35. The number of anilines is 4. The number of aromatic nitrogens is 2. The average Bonchev–Trinajstić information content (AvgIpc) is 3.71. The summed E-state index contributed by atoms with van der Waals surface area (Å²) in [7, 11) is 1.43. The van der Waals surface area contributed by atoms with Crippen LogP contribution in [0.2, 0.25) is 0 Å². The maximum atomic E-state index is 13.5. The zero-order valence-electron chi connectivity index (χ0n) is 24.0. The van der Waals surface area contributed by atoms with Gasteiger partial charge in [-0.2, -0.15) is 13.2 Å². The Hall–Kier alpha value is -3.95. The van der Waals surface area contributed by atoms with E-state index in [1.165, 1.54) is 36.2 Å². The molecule has 1 saturated carbocycles. The molecule has 3 aromatic rings. The summed E-state index contributed by atoms with van der Waals surface area (Å²) >= 11 is 0. The second-order valence-corrected chi connectivity index (χ2v) is 8.57. The molecule has 0 atom stereocenters. The first-order valence-corrected chi connectivity index (χ1v) is 11.1. The highest BCUT2D eigenvalue weighted by molar-refractivity contribution is 6.03. The minimum Gasteiger partial charge on any atom is -0.368 e. The van der Waals surface area contributed by atoms with Crippen molar-refractivity contribution in [1.29, 1.82) is 0 Å². The number of nitrogens with zero attached hydrogens (tertiary/aromatic N) is 3. The number of benzene rings is 1. The van der Waals surface area contributed by atoms with Crippen LogP contribution >= 0.6 is 0 Å². The van der Waals surface area contributed by atoms with Crippen molar-refractivity contribution in [3.05, 3.63) is 59.4 Å². The molecular formula is C26H24F3N5O2. The smallest absolute Gasteiger partial charge is 0.368 e. The molecule has 2 aromatic heterocycles. The number of pyridine rings is 2. The molecule has 2 aliphatic rings.